The molecule has 0 aromatic heterocycles. The zero-order valence-electron chi connectivity index (χ0n) is 16.6. The highest BCUT2D eigenvalue weighted by Gasteiger charge is 2.13. The third kappa shape index (κ3) is 5.72. The second kappa shape index (κ2) is 10.1. The molecule has 0 aliphatic heterocycles. The predicted molar refractivity (Wildman–Crippen MR) is 116 cm³/mol. The normalized spacial score (nSPS) is 11.9. The van der Waals surface area contributed by atoms with Crippen molar-refractivity contribution in [3.05, 3.63) is 83.9 Å². The van der Waals surface area contributed by atoms with Crippen molar-refractivity contribution in [3.8, 4) is 22.3 Å². The molecule has 0 fully saturated rings. The first kappa shape index (κ1) is 21.6. The maximum Gasteiger partial charge on any atom is 0.251 e. The van der Waals surface area contributed by atoms with E-state index < -0.39 is 0 Å². The summed E-state index contributed by atoms with van der Waals surface area (Å²) in [6, 6.07) is 17.3. The van der Waals surface area contributed by atoms with Crippen molar-refractivity contribution in [1.29, 1.82) is 0 Å². The lowest BCUT2D eigenvalue weighted by atomic mass is 9.95. The molecular weight excluding hydrogens is 384 g/mol. The fraction of sp³-hybridized carbons (Fsp3) is 0.208. The van der Waals surface area contributed by atoms with Crippen molar-refractivity contribution in [2.45, 2.75) is 18.9 Å². The van der Waals surface area contributed by atoms with E-state index in [0.29, 0.717) is 18.7 Å². The maximum absolute atomic E-state index is 13.3. The Hall–Kier alpha value is -3.09. The van der Waals surface area contributed by atoms with Gasteiger partial charge < -0.3 is 16.8 Å². The summed E-state index contributed by atoms with van der Waals surface area (Å²) >= 11 is 0. The Morgan fingerprint density at radius 3 is 1.80 bits per heavy atom. The molecule has 3 aromatic rings. The van der Waals surface area contributed by atoms with Crippen LogP contribution in [0.15, 0.2) is 66.7 Å². The molecule has 0 aliphatic rings. The van der Waals surface area contributed by atoms with Crippen LogP contribution >= 0.6 is 0 Å². The Morgan fingerprint density at radius 1 is 0.833 bits per heavy atom. The van der Waals surface area contributed by atoms with Gasteiger partial charge in [0.2, 0.25) is 0 Å². The minimum Gasteiger partial charge on any atom is -0.350 e. The number of hydrogen-bond acceptors (Lipinski definition) is 3. The molecule has 1 atom stereocenters. The molecule has 1 amide bonds. The van der Waals surface area contributed by atoms with Crippen LogP contribution in [0.5, 0.6) is 0 Å². The topological polar surface area (TPSA) is 81.1 Å². The fourth-order valence-corrected chi connectivity index (χ4v) is 3.18. The van der Waals surface area contributed by atoms with E-state index >= 15 is 0 Å². The quantitative estimate of drug-likeness (QED) is 0.524. The number of benzene rings is 3. The molecular formula is C24H25F2N3O. The highest BCUT2D eigenvalue weighted by molar-refractivity contribution is 5.97. The van der Waals surface area contributed by atoms with Crippen LogP contribution in [0.1, 0.15) is 23.2 Å². The number of carbonyl (C=O) groups excluding carboxylic acids is 1. The first-order valence-electron chi connectivity index (χ1n) is 9.87. The van der Waals surface area contributed by atoms with Crippen molar-refractivity contribution in [2.24, 2.45) is 11.5 Å². The summed E-state index contributed by atoms with van der Waals surface area (Å²) in [5.41, 5.74) is 15.0. The number of rotatable bonds is 8. The average Bonchev–Trinajstić information content (AvgIpc) is 2.76. The van der Waals surface area contributed by atoms with Gasteiger partial charge in [-0.25, -0.2) is 8.78 Å². The molecule has 0 saturated heterocycles. The van der Waals surface area contributed by atoms with Gasteiger partial charge in [0, 0.05) is 18.2 Å². The Morgan fingerprint density at radius 2 is 1.33 bits per heavy atom. The van der Waals surface area contributed by atoms with Crippen LogP contribution in [0, 0.1) is 11.6 Å². The molecule has 0 spiro atoms. The molecule has 156 valence electrons. The predicted octanol–water partition coefficient (Wildman–Crippen LogP) is 4.09. The van der Waals surface area contributed by atoms with Gasteiger partial charge in [-0.1, -0.05) is 24.3 Å². The number of hydrogen-bond donors (Lipinski definition) is 3. The number of carbonyl (C=O) groups is 1. The summed E-state index contributed by atoms with van der Waals surface area (Å²) < 4.78 is 26.7. The third-order valence-corrected chi connectivity index (χ3v) is 4.85. The standard InChI is InChI=1S/C24H25F2N3O/c25-21-7-3-16(4-8-21)18-12-19(17-5-9-22(26)10-6-17)14-20(13-18)24(30)29-15-23(28)2-1-11-27/h3-10,12-14,23H,1-2,11,15,27-28H2,(H,29,30)/t23-/m0/s1. The summed E-state index contributed by atoms with van der Waals surface area (Å²) in [5.74, 6) is -0.929. The largest absolute Gasteiger partial charge is 0.350 e. The van der Waals surface area contributed by atoms with E-state index in [0.717, 1.165) is 35.1 Å². The lowest BCUT2D eigenvalue weighted by molar-refractivity contribution is 0.0950. The van der Waals surface area contributed by atoms with Gasteiger partial charge in [-0.2, -0.15) is 0 Å². The molecule has 0 bridgehead atoms. The Labute approximate surface area is 174 Å². The van der Waals surface area contributed by atoms with E-state index in [1.807, 2.05) is 6.07 Å². The minimum atomic E-state index is -0.335. The van der Waals surface area contributed by atoms with E-state index in [2.05, 4.69) is 5.32 Å². The minimum absolute atomic E-state index is 0.172. The van der Waals surface area contributed by atoms with Crippen LogP contribution < -0.4 is 16.8 Å². The Kier molecular flexibility index (Phi) is 7.27. The highest BCUT2D eigenvalue weighted by Crippen LogP contribution is 2.29. The van der Waals surface area contributed by atoms with Gasteiger partial charge in [-0.15, -0.1) is 0 Å². The van der Waals surface area contributed by atoms with Gasteiger partial charge in [-0.05, 0) is 84.1 Å². The Balaban J connectivity index is 1.92. The maximum atomic E-state index is 13.3. The van der Waals surface area contributed by atoms with Gasteiger partial charge in [0.25, 0.3) is 5.91 Å². The molecule has 4 nitrogen and oxygen atoms in total. The van der Waals surface area contributed by atoms with Crippen molar-refractivity contribution in [2.75, 3.05) is 13.1 Å². The number of nitrogens with two attached hydrogens (primary N) is 2. The van der Waals surface area contributed by atoms with E-state index in [1.54, 1.807) is 36.4 Å². The fourth-order valence-electron chi connectivity index (χ4n) is 3.18. The van der Waals surface area contributed by atoms with E-state index in [1.165, 1.54) is 24.3 Å². The smallest absolute Gasteiger partial charge is 0.251 e. The lowest BCUT2D eigenvalue weighted by Crippen LogP contribution is -2.37. The lowest BCUT2D eigenvalue weighted by Gasteiger charge is -2.14. The average molecular weight is 409 g/mol. The highest BCUT2D eigenvalue weighted by atomic mass is 19.1. The van der Waals surface area contributed by atoms with Crippen LogP contribution in [-0.4, -0.2) is 25.0 Å². The molecule has 0 unspecified atom stereocenters. The molecule has 0 aliphatic carbocycles. The first-order valence-corrected chi connectivity index (χ1v) is 9.87. The first-order chi connectivity index (χ1) is 14.5. The second-order valence-electron chi connectivity index (χ2n) is 7.21. The van der Waals surface area contributed by atoms with Crippen molar-refractivity contribution in [1.82, 2.24) is 5.32 Å². The molecule has 6 heteroatoms. The molecule has 0 saturated carbocycles. The van der Waals surface area contributed by atoms with Crippen LogP contribution in [-0.2, 0) is 0 Å². The van der Waals surface area contributed by atoms with E-state index in [9.17, 15) is 13.6 Å². The van der Waals surface area contributed by atoms with Gasteiger partial charge in [0.15, 0.2) is 0 Å². The van der Waals surface area contributed by atoms with Gasteiger partial charge in [0.05, 0.1) is 0 Å². The summed E-state index contributed by atoms with van der Waals surface area (Å²) in [6.07, 6.45) is 1.53. The monoisotopic (exact) mass is 409 g/mol. The SMILES string of the molecule is NCCC[C@H](N)CNC(=O)c1cc(-c2ccc(F)cc2)cc(-c2ccc(F)cc2)c1. The summed E-state index contributed by atoms with van der Waals surface area (Å²) in [6.45, 7) is 0.897. The molecule has 3 aromatic carbocycles. The van der Waals surface area contributed by atoms with Crippen LogP contribution in [0.4, 0.5) is 8.78 Å². The number of nitrogens with one attached hydrogen (secondary N) is 1. The van der Waals surface area contributed by atoms with Crippen LogP contribution in [0.2, 0.25) is 0 Å². The van der Waals surface area contributed by atoms with Crippen molar-refractivity contribution in [3.63, 3.8) is 0 Å². The van der Waals surface area contributed by atoms with Gasteiger partial charge in [0.1, 0.15) is 11.6 Å². The Bertz CT molecular complexity index is 925. The molecule has 0 radical (unpaired) electrons. The van der Waals surface area contributed by atoms with E-state index in [4.69, 9.17) is 11.5 Å². The van der Waals surface area contributed by atoms with Crippen molar-refractivity contribution < 1.29 is 13.6 Å². The number of halogens is 2. The number of amides is 1. The molecule has 0 heterocycles. The summed E-state index contributed by atoms with van der Waals surface area (Å²) in [7, 11) is 0. The molecule has 3 rings (SSSR count). The zero-order chi connectivity index (χ0) is 21.5. The van der Waals surface area contributed by atoms with Gasteiger partial charge >= 0.3 is 0 Å². The van der Waals surface area contributed by atoms with Gasteiger partial charge in [-0.3, -0.25) is 4.79 Å². The van der Waals surface area contributed by atoms with Crippen molar-refractivity contribution >= 4 is 5.91 Å². The molecule has 30 heavy (non-hydrogen) atoms. The summed E-state index contributed by atoms with van der Waals surface area (Å²) in [4.78, 5) is 12.8. The zero-order valence-corrected chi connectivity index (χ0v) is 16.6. The second-order valence-corrected chi connectivity index (χ2v) is 7.21. The van der Waals surface area contributed by atoms with E-state index in [-0.39, 0.29) is 23.6 Å². The molecule has 5 N–H and O–H groups in total. The third-order valence-electron chi connectivity index (χ3n) is 4.85. The summed E-state index contributed by atoms with van der Waals surface area (Å²) in [5, 5.41) is 2.86. The van der Waals surface area contributed by atoms with Crippen LogP contribution in [0.3, 0.4) is 0 Å². The van der Waals surface area contributed by atoms with Crippen LogP contribution in [0.25, 0.3) is 22.3 Å².